The van der Waals surface area contributed by atoms with Gasteiger partial charge in [-0.05, 0) is 61.0 Å². The normalized spacial score (nSPS) is 10.9. The van der Waals surface area contributed by atoms with Gasteiger partial charge >= 0.3 is 5.69 Å². The van der Waals surface area contributed by atoms with Gasteiger partial charge in [0.1, 0.15) is 6.61 Å². The highest BCUT2D eigenvalue weighted by atomic mass is 16.5. The second-order valence-corrected chi connectivity index (χ2v) is 7.12. The predicted molar refractivity (Wildman–Crippen MR) is 113 cm³/mol. The largest absolute Gasteiger partial charge is 0.473 e. The van der Waals surface area contributed by atoms with Gasteiger partial charge in [-0.1, -0.05) is 18.2 Å². The van der Waals surface area contributed by atoms with E-state index in [2.05, 4.69) is 20.4 Å². The molecule has 1 aromatic carbocycles. The van der Waals surface area contributed by atoms with E-state index in [1.807, 2.05) is 63.2 Å². The van der Waals surface area contributed by atoms with Crippen LogP contribution in [0.5, 0.6) is 5.88 Å². The molecule has 30 heavy (non-hydrogen) atoms. The van der Waals surface area contributed by atoms with E-state index in [1.165, 1.54) is 9.36 Å². The molecule has 0 aliphatic heterocycles. The van der Waals surface area contributed by atoms with Crippen LogP contribution in [0.15, 0.2) is 53.5 Å². The Kier molecular flexibility index (Phi) is 5.14. The van der Waals surface area contributed by atoms with Crippen LogP contribution >= 0.6 is 0 Å². The van der Waals surface area contributed by atoms with Gasteiger partial charge in [0.15, 0.2) is 0 Å². The number of ether oxygens (including phenoxy) is 1. The SMILES string of the molecule is Cc1cc(-c2ccccn2)c(C)nc1OCc1c(C)cccc1-n1nnn(C)c1=O. The first-order valence-corrected chi connectivity index (χ1v) is 9.56. The number of pyridine rings is 2. The molecule has 3 heterocycles. The number of nitrogens with zero attached hydrogens (tertiary/aromatic N) is 6. The van der Waals surface area contributed by atoms with Crippen molar-refractivity contribution in [2.24, 2.45) is 7.05 Å². The highest BCUT2D eigenvalue weighted by Gasteiger charge is 2.15. The third-order valence-electron chi connectivity index (χ3n) is 4.99. The number of benzene rings is 1. The van der Waals surface area contributed by atoms with Gasteiger partial charge in [0.2, 0.25) is 5.88 Å². The maximum atomic E-state index is 12.3. The Balaban J connectivity index is 1.66. The molecule has 0 bridgehead atoms. The average Bonchev–Trinajstić information content (AvgIpc) is 3.08. The molecule has 0 radical (unpaired) electrons. The average molecular weight is 402 g/mol. The van der Waals surface area contributed by atoms with Gasteiger partial charge in [-0.3, -0.25) is 4.98 Å². The maximum absolute atomic E-state index is 12.3. The molecule has 8 nitrogen and oxygen atoms in total. The minimum atomic E-state index is -0.313. The molecule has 4 aromatic rings. The molecule has 0 aliphatic rings. The lowest BCUT2D eigenvalue weighted by Gasteiger charge is -2.15. The van der Waals surface area contributed by atoms with Crippen molar-refractivity contribution >= 4 is 0 Å². The van der Waals surface area contributed by atoms with E-state index in [0.29, 0.717) is 11.6 Å². The third-order valence-corrected chi connectivity index (χ3v) is 4.99. The van der Waals surface area contributed by atoms with Crippen LogP contribution in [-0.2, 0) is 13.7 Å². The Morgan fingerprint density at radius 1 is 1.00 bits per heavy atom. The van der Waals surface area contributed by atoms with Crippen molar-refractivity contribution in [3.8, 4) is 22.8 Å². The van der Waals surface area contributed by atoms with Gasteiger partial charge in [-0.15, -0.1) is 0 Å². The molecule has 0 atom stereocenters. The molecular weight excluding hydrogens is 380 g/mol. The lowest BCUT2D eigenvalue weighted by molar-refractivity contribution is 0.290. The smallest absolute Gasteiger partial charge is 0.368 e. The minimum Gasteiger partial charge on any atom is -0.473 e. The second-order valence-electron chi connectivity index (χ2n) is 7.12. The van der Waals surface area contributed by atoms with E-state index < -0.39 is 0 Å². The van der Waals surface area contributed by atoms with E-state index in [1.54, 1.807) is 13.2 Å². The van der Waals surface area contributed by atoms with Gasteiger partial charge < -0.3 is 4.74 Å². The number of aromatic nitrogens is 6. The Morgan fingerprint density at radius 2 is 1.83 bits per heavy atom. The molecule has 0 spiro atoms. The van der Waals surface area contributed by atoms with Gasteiger partial charge in [0, 0.05) is 29.9 Å². The van der Waals surface area contributed by atoms with E-state index in [-0.39, 0.29) is 12.3 Å². The summed E-state index contributed by atoms with van der Waals surface area (Å²) in [5, 5.41) is 7.76. The molecule has 0 fully saturated rings. The van der Waals surface area contributed by atoms with E-state index in [0.717, 1.165) is 33.6 Å². The molecule has 4 rings (SSSR count). The summed E-state index contributed by atoms with van der Waals surface area (Å²) in [5.74, 6) is 0.549. The fourth-order valence-electron chi connectivity index (χ4n) is 3.29. The lowest BCUT2D eigenvalue weighted by atomic mass is 10.1. The van der Waals surface area contributed by atoms with Crippen molar-refractivity contribution in [2.45, 2.75) is 27.4 Å². The summed E-state index contributed by atoms with van der Waals surface area (Å²) in [7, 11) is 1.57. The molecule has 0 saturated heterocycles. The van der Waals surface area contributed by atoms with Crippen LogP contribution in [0.4, 0.5) is 0 Å². The molecule has 0 saturated carbocycles. The summed E-state index contributed by atoms with van der Waals surface area (Å²) >= 11 is 0. The molecule has 0 unspecified atom stereocenters. The van der Waals surface area contributed by atoms with Crippen molar-refractivity contribution in [3.05, 3.63) is 81.5 Å². The first-order chi connectivity index (χ1) is 14.5. The number of aryl methyl sites for hydroxylation is 4. The predicted octanol–water partition coefficient (Wildman–Crippen LogP) is 2.93. The van der Waals surface area contributed by atoms with Gasteiger partial charge in [-0.25, -0.2) is 9.78 Å². The van der Waals surface area contributed by atoms with Gasteiger partial charge in [0.05, 0.1) is 17.1 Å². The van der Waals surface area contributed by atoms with Gasteiger partial charge in [-0.2, -0.15) is 9.36 Å². The van der Waals surface area contributed by atoms with Crippen molar-refractivity contribution < 1.29 is 4.74 Å². The molecular formula is C22H22N6O2. The summed E-state index contributed by atoms with van der Waals surface area (Å²) in [6.07, 6.45) is 1.77. The standard InChI is InChI=1S/C22H22N6O2/c1-14-8-7-10-20(28-22(29)27(4)25-26-28)18(14)13-30-21-15(2)12-17(16(3)24-21)19-9-5-6-11-23-19/h5-12H,13H2,1-4H3. The summed E-state index contributed by atoms with van der Waals surface area (Å²) in [6.45, 7) is 6.12. The van der Waals surface area contributed by atoms with Crippen LogP contribution in [0, 0.1) is 20.8 Å². The first-order valence-electron chi connectivity index (χ1n) is 9.56. The maximum Gasteiger partial charge on any atom is 0.368 e. The summed E-state index contributed by atoms with van der Waals surface area (Å²) in [4.78, 5) is 21.4. The Bertz CT molecular complexity index is 1260. The quantitative estimate of drug-likeness (QED) is 0.510. The molecule has 3 aromatic heterocycles. The summed E-state index contributed by atoms with van der Waals surface area (Å²) in [5.41, 5.74) is 5.78. The zero-order valence-corrected chi connectivity index (χ0v) is 17.3. The minimum absolute atomic E-state index is 0.251. The Morgan fingerprint density at radius 3 is 2.53 bits per heavy atom. The zero-order chi connectivity index (χ0) is 21.3. The summed E-state index contributed by atoms with van der Waals surface area (Å²) in [6, 6.07) is 13.5. The third kappa shape index (κ3) is 3.59. The van der Waals surface area contributed by atoms with Crippen LogP contribution in [0.25, 0.3) is 16.9 Å². The topological polar surface area (TPSA) is 87.7 Å². The lowest BCUT2D eigenvalue weighted by Crippen LogP contribution is -2.23. The molecule has 0 amide bonds. The Hall–Kier alpha value is -3.81. The number of rotatable bonds is 5. The van der Waals surface area contributed by atoms with Crippen LogP contribution < -0.4 is 10.4 Å². The highest BCUT2D eigenvalue weighted by Crippen LogP contribution is 2.27. The zero-order valence-electron chi connectivity index (χ0n) is 17.3. The van der Waals surface area contributed by atoms with Crippen LogP contribution in [0.2, 0.25) is 0 Å². The van der Waals surface area contributed by atoms with E-state index >= 15 is 0 Å². The molecule has 0 N–H and O–H groups in total. The fourth-order valence-corrected chi connectivity index (χ4v) is 3.29. The highest BCUT2D eigenvalue weighted by molar-refractivity contribution is 5.63. The number of hydrogen-bond acceptors (Lipinski definition) is 6. The molecule has 8 heteroatoms. The van der Waals surface area contributed by atoms with Crippen molar-refractivity contribution in [3.63, 3.8) is 0 Å². The van der Waals surface area contributed by atoms with E-state index in [4.69, 9.17) is 4.74 Å². The number of tetrazole rings is 1. The van der Waals surface area contributed by atoms with Crippen LogP contribution in [0.1, 0.15) is 22.4 Å². The van der Waals surface area contributed by atoms with Gasteiger partial charge in [0.25, 0.3) is 0 Å². The molecule has 152 valence electrons. The Labute approximate surface area is 173 Å². The first kappa shape index (κ1) is 19.5. The van der Waals surface area contributed by atoms with Crippen molar-refractivity contribution in [1.29, 1.82) is 0 Å². The van der Waals surface area contributed by atoms with Crippen LogP contribution in [-0.4, -0.2) is 29.8 Å². The van der Waals surface area contributed by atoms with Crippen molar-refractivity contribution in [2.75, 3.05) is 0 Å². The van der Waals surface area contributed by atoms with Crippen molar-refractivity contribution in [1.82, 2.24) is 29.8 Å². The molecule has 0 aliphatic carbocycles. The summed E-state index contributed by atoms with van der Waals surface area (Å²) < 4.78 is 8.55. The van der Waals surface area contributed by atoms with E-state index in [9.17, 15) is 4.79 Å². The monoisotopic (exact) mass is 402 g/mol. The second kappa shape index (κ2) is 7.90. The fraction of sp³-hybridized carbons (Fsp3) is 0.227. The van der Waals surface area contributed by atoms with Crippen LogP contribution in [0.3, 0.4) is 0 Å². The number of hydrogen-bond donors (Lipinski definition) is 0.